The van der Waals surface area contributed by atoms with Crippen molar-refractivity contribution in [1.29, 1.82) is 0 Å². The van der Waals surface area contributed by atoms with Crippen LogP contribution in [0.15, 0.2) is 54.4 Å². The highest BCUT2D eigenvalue weighted by molar-refractivity contribution is 6.27. The molecule has 0 radical (unpaired) electrons. The van der Waals surface area contributed by atoms with E-state index in [1.54, 1.807) is 24.4 Å². The van der Waals surface area contributed by atoms with Crippen LogP contribution in [0.1, 0.15) is 17.4 Å². The SMILES string of the molecule is COC(O)C1=C(c2c[nH]c3ccccc23)OC(c2ccc3c(c2)OCO3)N1C(=O)CCl. The second kappa shape index (κ2) is 7.81. The number of aromatic amines is 1. The molecule has 3 aromatic rings. The Bertz CT molecular complexity index is 1190. The number of nitrogens with zero attached hydrogens (tertiary/aromatic N) is 1. The van der Waals surface area contributed by atoms with Crippen LogP contribution in [0.4, 0.5) is 0 Å². The summed E-state index contributed by atoms with van der Waals surface area (Å²) in [6, 6.07) is 12.9. The molecule has 2 aliphatic heterocycles. The standard InChI is InChI=1S/C22H19ClN2O6/c1-28-22(27)19-20(14-10-24-15-5-3-2-4-13(14)15)31-21(25(19)18(26)9-23)12-6-7-16-17(8-12)30-11-29-16/h2-8,10,21-22,24,27H,9,11H2,1H3. The van der Waals surface area contributed by atoms with Crippen LogP contribution in [-0.4, -0.2) is 47.0 Å². The van der Waals surface area contributed by atoms with E-state index in [4.69, 9.17) is 30.5 Å². The lowest BCUT2D eigenvalue weighted by Gasteiger charge is -2.26. The molecule has 2 N–H and O–H groups in total. The summed E-state index contributed by atoms with van der Waals surface area (Å²) in [6.45, 7) is 0.126. The van der Waals surface area contributed by atoms with Crippen molar-refractivity contribution >= 4 is 34.2 Å². The molecule has 2 aromatic carbocycles. The summed E-state index contributed by atoms with van der Waals surface area (Å²) in [6.07, 6.45) is -0.507. The number of nitrogens with one attached hydrogen (secondary N) is 1. The number of hydrogen-bond acceptors (Lipinski definition) is 6. The maximum absolute atomic E-state index is 12.9. The lowest BCUT2D eigenvalue weighted by Crippen LogP contribution is -2.36. The van der Waals surface area contributed by atoms with Crippen LogP contribution in [0, 0.1) is 0 Å². The summed E-state index contributed by atoms with van der Waals surface area (Å²) in [4.78, 5) is 17.4. The van der Waals surface area contributed by atoms with E-state index in [0.717, 1.165) is 10.9 Å². The number of rotatable bonds is 5. The zero-order valence-electron chi connectivity index (χ0n) is 16.5. The number of methoxy groups -OCH3 is 1. The molecule has 0 saturated heterocycles. The molecule has 0 fully saturated rings. The third kappa shape index (κ3) is 3.20. The minimum atomic E-state index is -1.41. The molecule has 0 aliphatic carbocycles. The lowest BCUT2D eigenvalue weighted by molar-refractivity contribution is -0.137. The highest BCUT2D eigenvalue weighted by atomic mass is 35.5. The molecular formula is C22H19ClN2O6. The number of para-hydroxylation sites is 1. The molecule has 0 bridgehead atoms. The van der Waals surface area contributed by atoms with Crippen molar-refractivity contribution in [3.63, 3.8) is 0 Å². The molecular weight excluding hydrogens is 424 g/mol. The first-order valence-corrected chi connectivity index (χ1v) is 10.1. The van der Waals surface area contributed by atoms with E-state index in [-0.39, 0.29) is 18.4 Å². The van der Waals surface area contributed by atoms with E-state index < -0.39 is 18.4 Å². The number of amides is 1. The van der Waals surface area contributed by atoms with Gasteiger partial charge in [0.1, 0.15) is 11.6 Å². The first-order valence-electron chi connectivity index (χ1n) is 9.58. The molecule has 2 aliphatic rings. The zero-order valence-corrected chi connectivity index (χ0v) is 17.3. The second-order valence-electron chi connectivity index (χ2n) is 7.03. The van der Waals surface area contributed by atoms with E-state index >= 15 is 0 Å². The number of carbonyl (C=O) groups excluding carboxylic acids is 1. The fraction of sp³-hybridized carbons (Fsp3) is 0.227. The number of fused-ring (bicyclic) bond motifs is 2. The van der Waals surface area contributed by atoms with Crippen molar-refractivity contribution in [2.24, 2.45) is 0 Å². The van der Waals surface area contributed by atoms with Crippen molar-refractivity contribution in [3.05, 3.63) is 65.5 Å². The van der Waals surface area contributed by atoms with Crippen molar-refractivity contribution in [1.82, 2.24) is 9.88 Å². The first kappa shape index (κ1) is 19.7. The van der Waals surface area contributed by atoms with Crippen LogP contribution in [0.5, 0.6) is 11.5 Å². The van der Waals surface area contributed by atoms with Crippen LogP contribution in [-0.2, 0) is 14.3 Å². The van der Waals surface area contributed by atoms with Gasteiger partial charge in [0.25, 0.3) is 0 Å². The Kier molecular flexibility index (Phi) is 4.97. The van der Waals surface area contributed by atoms with Crippen molar-refractivity contribution in [3.8, 4) is 11.5 Å². The predicted octanol–water partition coefficient (Wildman–Crippen LogP) is 3.33. The molecule has 160 valence electrons. The van der Waals surface area contributed by atoms with Crippen LogP contribution >= 0.6 is 11.6 Å². The summed E-state index contributed by atoms with van der Waals surface area (Å²) >= 11 is 5.92. The van der Waals surface area contributed by atoms with E-state index in [2.05, 4.69) is 4.98 Å². The number of carbonyl (C=O) groups is 1. The number of halogens is 1. The average molecular weight is 443 g/mol. The molecule has 2 atom stereocenters. The molecule has 0 saturated carbocycles. The number of aliphatic hydroxyl groups excluding tert-OH is 1. The molecule has 1 amide bonds. The van der Waals surface area contributed by atoms with Crippen molar-refractivity contribution < 1.29 is 28.8 Å². The van der Waals surface area contributed by atoms with Gasteiger partial charge in [0.2, 0.25) is 18.9 Å². The zero-order chi connectivity index (χ0) is 21.5. The Morgan fingerprint density at radius 2 is 2.10 bits per heavy atom. The number of benzene rings is 2. The van der Waals surface area contributed by atoms with Gasteiger partial charge >= 0.3 is 0 Å². The lowest BCUT2D eigenvalue weighted by atomic mass is 10.1. The fourth-order valence-electron chi connectivity index (χ4n) is 3.88. The van der Waals surface area contributed by atoms with Gasteiger partial charge in [-0.1, -0.05) is 18.2 Å². The van der Waals surface area contributed by atoms with Gasteiger partial charge in [-0.05, 0) is 24.3 Å². The van der Waals surface area contributed by atoms with Crippen LogP contribution in [0.2, 0.25) is 0 Å². The van der Waals surface area contributed by atoms with Crippen LogP contribution in [0.3, 0.4) is 0 Å². The van der Waals surface area contributed by atoms with E-state index in [0.29, 0.717) is 28.4 Å². The molecule has 1 aromatic heterocycles. The molecule has 9 heteroatoms. The number of hydrogen-bond donors (Lipinski definition) is 2. The summed E-state index contributed by atoms with van der Waals surface area (Å²) in [7, 11) is 1.35. The number of H-pyrrole nitrogens is 1. The highest BCUT2D eigenvalue weighted by Crippen LogP contribution is 2.46. The predicted molar refractivity (Wildman–Crippen MR) is 112 cm³/mol. The summed E-state index contributed by atoms with van der Waals surface area (Å²) in [5, 5.41) is 11.6. The molecule has 31 heavy (non-hydrogen) atoms. The van der Waals surface area contributed by atoms with Crippen LogP contribution < -0.4 is 9.47 Å². The minimum Gasteiger partial charge on any atom is -0.463 e. The minimum absolute atomic E-state index is 0.126. The second-order valence-corrected chi connectivity index (χ2v) is 7.30. The molecule has 5 rings (SSSR count). The maximum Gasteiger partial charge on any atom is 0.245 e. The van der Waals surface area contributed by atoms with Crippen molar-refractivity contribution in [2.75, 3.05) is 19.8 Å². The first-order chi connectivity index (χ1) is 15.1. The Morgan fingerprint density at radius 1 is 1.29 bits per heavy atom. The monoisotopic (exact) mass is 442 g/mol. The van der Waals surface area contributed by atoms with Gasteiger partial charge < -0.3 is 29.0 Å². The van der Waals surface area contributed by atoms with E-state index in [1.165, 1.54) is 12.0 Å². The fourth-order valence-corrected chi connectivity index (χ4v) is 4.01. The molecule has 3 heterocycles. The quantitative estimate of drug-likeness (QED) is 0.465. The maximum atomic E-state index is 12.9. The van der Waals surface area contributed by atoms with Gasteiger partial charge in [-0.25, -0.2) is 0 Å². The van der Waals surface area contributed by atoms with Crippen LogP contribution in [0.25, 0.3) is 16.7 Å². The Labute approximate surface area is 182 Å². The third-order valence-electron chi connectivity index (χ3n) is 5.31. The topological polar surface area (TPSA) is 93.2 Å². The average Bonchev–Trinajstić information content (AvgIpc) is 3.53. The van der Waals surface area contributed by atoms with Gasteiger partial charge in [0, 0.05) is 35.3 Å². The Hall–Kier alpha value is -3.20. The summed E-state index contributed by atoms with van der Waals surface area (Å²) < 4.78 is 22.3. The Balaban J connectivity index is 1.66. The molecule has 0 spiro atoms. The number of ether oxygens (including phenoxy) is 4. The largest absolute Gasteiger partial charge is 0.463 e. The van der Waals surface area contributed by atoms with Crippen molar-refractivity contribution in [2.45, 2.75) is 12.5 Å². The van der Waals surface area contributed by atoms with E-state index in [1.807, 2.05) is 24.3 Å². The van der Waals surface area contributed by atoms with Gasteiger partial charge in [-0.3, -0.25) is 9.69 Å². The Morgan fingerprint density at radius 3 is 2.90 bits per heavy atom. The number of aliphatic hydroxyl groups is 1. The number of alkyl halides is 1. The molecule has 8 nitrogen and oxygen atoms in total. The highest BCUT2D eigenvalue weighted by Gasteiger charge is 2.43. The molecule has 2 unspecified atom stereocenters. The van der Waals surface area contributed by atoms with Gasteiger partial charge in [-0.15, -0.1) is 11.6 Å². The summed E-state index contributed by atoms with van der Waals surface area (Å²) in [5.41, 5.74) is 2.40. The third-order valence-corrected chi connectivity index (χ3v) is 5.54. The summed E-state index contributed by atoms with van der Waals surface area (Å²) in [5.74, 6) is 0.747. The smallest absolute Gasteiger partial charge is 0.245 e. The van der Waals surface area contributed by atoms with Gasteiger partial charge in [0.05, 0.1) is 0 Å². The van der Waals surface area contributed by atoms with E-state index in [9.17, 15) is 9.90 Å². The normalized spacial score (nSPS) is 18.5. The van der Waals surface area contributed by atoms with Gasteiger partial charge in [-0.2, -0.15) is 0 Å². The number of aromatic nitrogens is 1. The van der Waals surface area contributed by atoms with Gasteiger partial charge in [0.15, 0.2) is 23.5 Å².